The molecule has 0 amide bonds. The highest BCUT2D eigenvalue weighted by molar-refractivity contribution is 6.30. The molecule has 2 N–H and O–H groups in total. The minimum absolute atomic E-state index is 0.250. The first-order valence-electron chi connectivity index (χ1n) is 7.37. The Morgan fingerprint density at radius 1 is 1.19 bits per heavy atom. The summed E-state index contributed by atoms with van der Waals surface area (Å²) < 4.78 is 5.36. The lowest BCUT2D eigenvalue weighted by atomic mass is 10.0. The lowest BCUT2D eigenvalue weighted by molar-refractivity contribution is 0.346. The maximum absolute atomic E-state index is 5.87. The predicted octanol–water partition coefficient (Wildman–Crippen LogP) is 3.93. The van der Waals surface area contributed by atoms with Crippen LogP contribution in [0.5, 0.6) is 0 Å². The molecule has 0 saturated heterocycles. The summed E-state index contributed by atoms with van der Waals surface area (Å²) in [7, 11) is 0. The van der Waals surface area contributed by atoms with Gasteiger partial charge < -0.3 is 10.3 Å². The van der Waals surface area contributed by atoms with Crippen molar-refractivity contribution < 1.29 is 4.52 Å². The Morgan fingerprint density at radius 2 is 1.90 bits per heavy atom. The van der Waals surface area contributed by atoms with Gasteiger partial charge in [-0.1, -0.05) is 42.2 Å². The molecular formula is C16H22ClN3O. The van der Waals surface area contributed by atoms with Crippen LogP contribution in [0.2, 0.25) is 5.02 Å². The molecule has 0 aliphatic heterocycles. The number of nitrogens with two attached hydrogens (primary N) is 1. The van der Waals surface area contributed by atoms with E-state index < -0.39 is 0 Å². The molecule has 2 aromatic rings. The summed E-state index contributed by atoms with van der Waals surface area (Å²) in [6.45, 7) is 4.14. The van der Waals surface area contributed by atoms with Crippen LogP contribution in [0.3, 0.4) is 0 Å². The van der Waals surface area contributed by atoms with Crippen LogP contribution >= 0.6 is 11.6 Å². The van der Waals surface area contributed by atoms with E-state index in [0.717, 1.165) is 29.8 Å². The van der Waals surface area contributed by atoms with Gasteiger partial charge in [0, 0.05) is 23.4 Å². The molecule has 4 nitrogen and oxygen atoms in total. The van der Waals surface area contributed by atoms with Crippen LogP contribution in [0.15, 0.2) is 28.8 Å². The van der Waals surface area contributed by atoms with Crippen molar-refractivity contribution in [1.29, 1.82) is 0 Å². The first-order chi connectivity index (χ1) is 10.0. The zero-order chi connectivity index (χ0) is 15.2. The van der Waals surface area contributed by atoms with Crippen LogP contribution in [0.1, 0.15) is 56.3 Å². The summed E-state index contributed by atoms with van der Waals surface area (Å²) in [6, 6.07) is 7.94. The molecule has 0 bridgehead atoms. The fraction of sp³-hybridized carbons (Fsp3) is 0.500. The van der Waals surface area contributed by atoms with Crippen molar-refractivity contribution in [2.45, 2.75) is 51.5 Å². The van der Waals surface area contributed by atoms with Gasteiger partial charge in [-0.25, -0.2) is 0 Å². The molecule has 21 heavy (non-hydrogen) atoms. The number of nitrogens with zero attached hydrogens (tertiary/aromatic N) is 2. The molecule has 1 aromatic carbocycles. The first kappa shape index (κ1) is 16.0. The van der Waals surface area contributed by atoms with Gasteiger partial charge in [-0.2, -0.15) is 4.98 Å². The summed E-state index contributed by atoms with van der Waals surface area (Å²) in [5.74, 6) is 1.70. The highest BCUT2D eigenvalue weighted by Crippen LogP contribution is 2.21. The number of rotatable bonds is 7. The molecule has 0 spiro atoms. The van der Waals surface area contributed by atoms with Crippen molar-refractivity contribution in [3.8, 4) is 0 Å². The standard InChI is InChI=1S/C16H22ClN3O/c1-11(4-3-5-12(2)18)16-19-15(20-21-16)10-13-6-8-14(17)9-7-13/h6-9,11-12H,3-5,10,18H2,1-2H3. The summed E-state index contributed by atoms with van der Waals surface area (Å²) in [5.41, 5.74) is 6.88. The number of aromatic nitrogens is 2. The third-order valence-electron chi connectivity index (χ3n) is 3.48. The van der Waals surface area contributed by atoms with Gasteiger partial charge in [0.25, 0.3) is 0 Å². The molecule has 5 heteroatoms. The second-order valence-electron chi connectivity index (χ2n) is 5.66. The van der Waals surface area contributed by atoms with Crippen molar-refractivity contribution in [2.75, 3.05) is 0 Å². The maximum Gasteiger partial charge on any atom is 0.229 e. The van der Waals surface area contributed by atoms with Crippen LogP contribution in [0, 0.1) is 0 Å². The Bertz CT molecular complexity index is 551. The highest BCUT2D eigenvalue weighted by atomic mass is 35.5. The molecule has 0 radical (unpaired) electrons. The van der Waals surface area contributed by atoms with Crippen molar-refractivity contribution in [3.63, 3.8) is 0 Å². The van der Waals surface area contributed by atoms with Crippen molar-refractivity contribution in [1.82, 2.24) is 10.1 Å². The summed E-state index contributed by atoms with van der Waals surface area (Å²) in [5, 5.41) is 4.79. The smallest absolute Gasteiger partial charge is 0.229 e. The van der Waals surface area contributed by atoms with Crippen molar-refractivity contribution >= 4 is 11.6 Å². The monoisotopic (exact) mass is 307 g/mol. The number of hydrogen-bond donors (Lipinski definition) is 1. The van der Waals surface area contributed by atoms with Crippen molar-refractivity contribution in [3.05, 3.63) is 46.6 Å². The fourth-order valence-electron chi connectivity index (χ4n) is 2.19. The molecule has 2 atom stereocenters. The van der Waals surface area contributed by atoms with E-state index in [9.17, 15) is 0 Å². The van der Waals surface area contributed by atoms with E-state index in [1.54, 1.807) is 0 Å². The third-order valence-corrected chi connectivity index (χ3v) is 3.73. The first-order valence-corrected chi connectivity index (χ1v) is 7.75. The van der Waals surface area contributed by atoms with Crippen LogP contribution in [-0.2, 0) is 6.42 Å². The number of benzene rings is 1. The van der Waals surface area contributed by atoms with E-state index in [0.29, 0.717) is 18.1 Å². The van der Waals surface area contributed by atoms with Gasteiger partial charge in [-0.05, 0) is 37.5 Å². The lowest BCUT2D eigenvalue weighted by Crippen LogP contribution is -2.14. The predicted molar refractivity (Wildman–Crippen MR) is 84.5 cm³/mol. The Hall–Kier alpha value is -1.39. The van der Waals surface area contributed by atoms with Gasteiger partial charge >= 0.3 is 0 Å². The topological polar surface area (TPSA) is 64.9 Å². The molecule has 114 valence electrons. The average molecular weight is 308 g/mol. The van der Waals surface area contributed by atoms with E-state index in [2.05, 4.69) is 17.1 Å². The number of hydrogen-bond acceptors (Lipinski definition) is 4. The SMILES string of the molecule is CC(N)CCCC(C)c1nc(Cc2ccc(Cl)cc2)no1. The Kier molecular flexibility index (Phi) is 5.76. The summed E-state index contributed by atoms with van der Waals surface area (Å²) in [6.07, 6.45) is 3.78. The Morgan fingerprint density at radius 3 is 2.57 bits per heavy atom. The average Bonchev–Trinajstić information content (AvgIpc) is 2.89. The Labute approximate surface area is 130 Å². The summed E-state index contributed by atoms with van der Waals surface area (Å²) >= 11 is 5.87. The minimum atomic E-state index is 0.250. The molecule has 0 saturated carbocycles. The van der Waals surface area contributed by atoms with Crippen molar-refractivity contribution in [2.24, 2.45) is 5.73 Å². The van der Waals surface area contributed by atoms with Gasteiger partial charge in [0.05, 0.1) is 0 Å². The molecule has 2 rings (SSSR count). The second-order valence-corrected chi connectivity index (χ2v) is 6.10. The zero-order valence-corrected chi connectivity index (χ0v) is 13.3. The molecule has 1 heterocycles. The number of halogens is 1. The van der Waals surface area contributed by atoms with Crippen LogP contribution < -0.4 is 5.73 Å². The third kappa shape index (κ3) is 5.14. The molecule has 0 aliphatic carbocycles. The zero-order valence-electron chi connectivity index (χ0n) is 12.6. The van der Waals surface area contributed by atoms with Gasteiger partial charge in [-0.3, -0.25) is 0 Å². The van der Waals surface area contributed by atoms with Crippen LogP contribution in [0.25, 0.3) is 0 Å². The fourth-order valence-corrected chi connectivity index (χ4v) is 2.32. The van der Waals surface area contributed by atoms with E-state index >= 15 is 0 Å². The second kappa shape index (κ2) is 7.57. The van der Waals surface area contributed by atoms with Gasteiger partial charge in [0.15, 0.2) is 5.82 Å². The lowest BCUT2D eigenvalue weighted by Gasteiger charge is -2.07. The molecule has 2 unspecified atom stereocenters. The highest BCUT2D eigenvalue weighted by Gasteiger charge is 2.14. The largest absolute Gasteiger partial charge is 0.339 e. The van der Waals surface area contributed by atoms with E-state index in [1.807, 2.05) is 31.2 Å². The van der Waals surface area contributed by atoms with E-state index in [4.69, 9.17) is 21.9 Å². The molecule has 1 aromatic heterocycles. The normalized spacial score (nSPS) is 14.1. The van der Waals surface area contributed by atoms with E-state index in [1.165, 1.54) is 0 Å². The summed E-state index contributed by atoms with van der Waals surface area (Å²) in [4.78, 5) is 4.48. The van der Waals surface area contributed by atoms with Gasteiger partial charge in [-0.15, -0.1) is 0 Å². The molecular weight excluding hydrogens is 286 g/mol. The molecule has 0 aliphatic rings. The quantitative estimate of drug-likeness (QED) is 0.841. The van der Waals surface area contributed by atoms with Crippen LogP contribution in [0.4, 0.5) is 0 Å². The van der Waals surface area contributed by atoms with Gasteiger partial charge in [0.1, 0.15) is 0 Å². The van der Waals surface area contributed by atoms with E-state index in [-0.39, 0.29) is 12.0 Å². The minimum Gasteiger partial charge on any atom is -0.339 e. The molecule has 0 fully saturated rings. The maximum atomic E-state index is 5.87. The Balaban J connectivity index is 1.89. The van der Waals surface area contributed by atoms with Gasteiger partial charge in [0.2, 0.25) is 5.89 Å². The van der Waals surface area contributed by atoms with Crippen LogP contribution in [-0.4, -0.2) is 16.2 Å².